The van der Waals surface area contributed by atoms with Gasteiger partial charge >= 0.3 is 0 Å². The Morgan fingerprint density at radius 3 is 2.30 bits per heavy atom. The monoisotopic (exact) mass is 368 g/mol. The minimum atomic E-state index is -0.161. The fourth-order valence-electron chi connectivity index (χ4n) is 5.54. The van der Waals surface area contributed by atoms with E-state index in [1.165, 1.54) is 4.90 Å². The van der Waals surface area contributed by atoms with Gasteiger partial charge in [-0.05, 0) is 68.2 Å². The molecular weight excluding hydrogens is 344 g/mol. The second-order valence-electron chi connectivity index (χ2n) is 8.29. The maximum absolute atomic E-state index is 12.9. The van der Waals surface area contributed by atoms with Crippen molar-refractivity contribution in [3.8, 4) is 0 Å². The molecule has 2 saturated heterocycles. The highest BCUT2D eigenvalue weighted by molar-refractivity contribution is 6.22. The fourth-order valence-corrected chi connectivity index (χ4v) is 5.54. The number of nitrogens with one attached hydrogen (secondary N) is 1. The van der Waals surface area contributed by atoms with E-state index in [1.54, 1.807) is 24.3 Å². The highest BCUT2D eigenvalue weighted by Gasteiger charge is 2.61. The van der Waals surface area contributed by atoms with Crippen LogP contribution in [0.1, 0.15) is 42.5 Å². The molecule has 27 heavy (non-hydrogen) atoms. The molecule has 1 aromatic rings. The number of imide groups is 1. The number of benzene rings is 1. The Labute approximate surface area is 158 Å². The minimum Gasteiger partial charge on any atom is -0.376 e. The van der Waals surface area contributed by atoms with Gasteiger partial charge in [-0.15, -0.1) is 0 Å². The third-order valence-corrected chi connectivity index (χ3v) is 6.83. The number of ether oxygens (including phenoxy) is 1. The van der Waals surface area contributed by atoms with Crippen LogP contribution in [-0.2, 0) is 14.3 Å². The summed E-state index contributed by atoms with van der Waals surface area (Å²) in [6.07, 6.45) is 5.29. The number of amides is 3. The minimum absolute atomic E-state index is 0.0483. The highest BCUT2D eigenvalue weighted by Crippen LogP contribution is 2.56. The lowest BCUT2D eigenvalue weighted by molar-refractivity contribution is -0.123. The van der Waals surface area contributed by atoms with Crippen molar-refractivity contribution in [2.24, 2.45) is 23.7 Å². The lowest BCUT2D eigenvalue weighted by Crippen LogP contribution is -2.33. The molecule has 0 spiro atoms. The Morgan fingerprint density at radius 1 is 1.04 bits per heavy atom. The van der Waals surface area contributed by atoms with E-state index in [2.05, 4.69) is 5.32 Å². The molecule has 5 rings (SSSR count). The van der Waals surface area contributed by atoms with Crippen molar-refractivity contribution in [3.05, 3.63) is 29.8 Å². The molecule has 1 N–H and O–H groups in total. The first-order valence-corrected chi connectivity index (χ1v) is 10.0. The second kappa shape index (κ2) is 6.44. The largest absolute Gasteiger partial charge is 0.376 e. The zero-order chi connectivity index (χ0) is 18.5. The molecule has 2 saturated carbocycles. The maximum Gasteiger partial charge on any atom is 0.251 e. The molecule has 1 aromatic carbocycles. The highest BCUT2D eigenvalue weighted by atomic mass is 16.5. The molecule has 5 atom stereocenters. The molecule has 3 amide bonds. The molecule has 0 unspecified atom stereocenters. The molecule has 2 heterocycles. The molecule has 2 aliphatic heterocycles. The normalized spacial score (nSPS) is 34.4. The topological polar surface area (TPSA) is 75.7 Å². The summed E-state index contributed by atoms with van der Waals surface area (Å²) in [5.41, 5.74) is 1.10. The van der Waals surface area contributed by atoms with Gasteiger partial charge in [0.1, 0.15) is 0 Å². The standard InChI is InChI=1S/C21H24N2O4/c24-19(22-11-16-2-1-9-27-16)12-5-7-15(8-6-12)23-20(25)17-13-3-4-14(10-13)18(17)21(23)26/h5-8,13-14,16-18H,1-4,9-11H2,(H,22,24)/t13-,14-,16+,17-,18-/m0/s1. The van der Waals surface area contributed by atoms with Crippen molar-refractivity contribution >= 4 is 23.4 Å². The van der Waals surface area contributed by atoms with E-state index in [0.717, 1.165) is 38.7 Å². The van der Waals surface area contributed by atoms with E-state index in [1.807, 2.05) is 0 Å². The molecule has 2 aliphatic carbocycles. The SMILES string of the molecule is O=C(NC[C@H]1CCCO1)c1ccc(N2C(=O)[C@H]3[C@H]4CC[C@@H](C4)[C@@H]3C2=O)cc1. The van der Waals surface area contributed by atoms with Gasteiger partial charge in [-0.1, -0.05) is 0 Å². The van der Waals surface area contributed by atoms with Gasteiger partial charge in [-0.25, -0.2) is 0 Å². The molecule has 2 bridgehead atoms. The van der Waals surface area contributed by atoms with E-state index in [-0.39, 0.29) is 35.7 Å². The van der Waals surface area contributed by atoms with Crippen molar-refractivity contribution in [2.75, 3.05) is 18.1 Å². The number of rotatable bonds is 4. The molecule has 0 aromatic heterocycles. The predicted octanol–water partition coefficient (Wildman–Crippen LogP) is 2.13. The van der Waals surface area contributed by atoms with E-state index in [0.29, 0.717) is 29.6 Å². The van der Waals surface area contributed by atoms with E-state index >= 15 is 0 Å². The summed E-state index contributed by atoms with van der Waals surface area (Å²) in [6.45, 7) is 1.27. The van der Waals surface area contributed by atoms with Gasteiger partial charge in [-0.2, -0.15) is 0 Å². The zero-order valence-electron chi connectivity index (χ0n) is 15.2. The van der Waals surface area contributed by atoms with Crippen LogP contribution in [-0.4, -0.2) is 37.0 Å². The average molecular weight is 368 g/mol. The Morgan fingerprint density at radius 2 is 1.70 bits per heavy atom. The number of fused-ring (bicyclic) bond motifs is 5. The number of hydrogen-bond acceptors (Lipinski definition) is 4. The van der Waals surface area contributed by atoms with Crippen LogP contribution in [0, 0.1) is 23.7 Å². The molecule has 6 heteroatoms. The van der Waals surface area contributed by atoms with Crippen LogP contribution in [0.2, 0.25) is 0 Å². The van der Waals surface area contributed by atoms with Crippen LogP contribution in [0.5, 0.6) is 0 Å². The van der Waals surface area contributed by atoms with Crippen LogP contribution < -0.4 is 10.2 Å². The molecule has 0 radical (unpaired) electrons. The van der Waals surface area contributed by atoms with Gasteiger partial charge < -0.3 is 10.1 Å². The first kappa shape index (κ1) is 16.9. The van der Waals surface area contributed by atoms with Crippen molar-refractivity contribution in [2.45, 2.75) is 38.2 Å². The summed E-state index contributed by atoms with van der Waals surface area (Å²) in [4.78, 5) is 39.4. The number of nitrogens with zero attached hydrogens (tertiary/aromatic N) is 1. The lowest BCUT2D eigenvalue weighted by Gasteiger charge is -2.19. The Bertz CT molecular complexity index is 756. The molecule has 6 nitrogen and oxygen atoms in total. The summed E-state index contributed by atoms with van der Waals surface area (Å²) in [5.74, 6) is 0.261. The zero-order valence-corrected chi connectivity index (χ0v) is 15.2. The van der Waals surface area contributed by atoms with Gasteiger partial charge in [0.05, 0.1) is 23.6 Å². The average Bonchev–Trinajstić information content (AvgIpc) is 3.45. The molecule has 4 fully saturated rings. The van der Waals surface area contributed by atoms with E-state index < -0.39 is 0 Å². The van der Waals surface area contributed by atoms with E-state index in [9.17, 15) is 14.4 Å². The number of anilines is 1. The fraction of sp³-hybridized carbons (Fsp3) is 0.571. The molecule has 142 valence electrons. The first-order chi connectivity index (χ1) is 13.1. The Kier molecular flexibility index (Phi) is 4.04. The summed E-state index contributed by atoms with van der Waals surface area (Å²) in [7, 11) is 0. The smallest absolute Gasteiger partial charge is 0.251 e. The lowest BCUT2D eigenvalue weighted by atomic mass is 9.81. The summed E-state index contributed by atoms with van der Waals surface area (Å²) >= 11 is 0. The number of carbonyl (C=O) groups is 3. The van der Waals surface area contributed by atoms with Crippen LogP contribution in [0.4, 0.5) is 5.69 Å². The quantitative estimate of drug-likeness (QED) is 0.826. The van der Waals surface area contributed by atoms with E-state index in [4.69, 9.17) is 4.74 Å². The predicted molar refractivity (Wildman–Crippen MR) is 98.1 cm³/mol. The van der Waals surface area contributed by atoms with Crippen LogP contribution in [0.25, 0.3) is 0 Å². The first-order valence-electron chi connectivity index (χ1n) is 10.0. The van der Waals surface area contributed by atoms with Gasteiger partial charge in [0, 0.05) is 18.7 Å². The molecular formula is C21H24N2O4. The van der Waals surface area contributed by atoms with Crippen molar-refractivity contribution in [1.29, 1.82) is 0 Å². The summed E-state index contributed by atoms with van der Waals surface area (Å²) < 4.78 is 5.51. The third kappa shape index (κ3) is 2.69. The van der Waals surface area contributed by atoms with Crippen molar-refractivity contribution in [1.82, 2.24) is 5.32 Å². The number of carbonyl (C=O) groups excluding carboxylic acids is 3. The third-order valence-electron chi connectivity index (χ3n) is 6.83. The van der Waals surface area contributed by atoms with Crippen molar-refractivity contribution in [3.63, 3.8) is 0 Å². The Hall–Kier alpha value is -2.21. The van der Waals surface area contributed by atoms with Crippen molar-refractivity contribution < 1.29 is 19.1 Å². The summed E-state index contributed by atoms with van der Waals surface area (Å²) in [6, 6.07) is 6.78. The second-order valence-corrected chi connectivity index (χ2v) is 8.29. The number of hydrogen-bond donors (Lipinski definition) is 1. The maximum atomic E-state index is 12.9. The van der Waals surface area contributed by atoms with Gasteiger partial charge in [0.2, 0.25) is 11.8 Å². The molecule has 4 aliphatic rings. The Balaban J connectivity index is 1.28. The van der Waals surface area contributed by atoms with Gasteiger partial charge in [-0.3, -0.25) is 19.3 Å². The van der Waals surface area contributed by atoms with Gasteiger partial charge in [0.15, 0.2) is 0 Å². The van der Waals surface area contributed by atoms with Crippen LogP contribution >= 0.6 is 0 Å². The summed E-state index contributed by atoms with van der Waals surface area (Å²) in [5, 5.41) is 2.89. The van der Waals surface area contributed by atoms with Crippen LogP contribution in [0.15, 0.2) is 24.3 Å². The van der Waals surface area contributed by atoms with Crippen LogP contribution in [0.3, 0.4) is 0 Å². The van der Waals surface area contributed by atoms with Gasteiger partial charge in [0.25, 0.3) is 5.91 Å².